The minimum atomic E-state index is -0.731. The molecule has 0 saturated heterocycles. The molecule has 0 spiro atoms. The highest BCUT2D eigenvalue weighted by Crippen LogP contribution is 2.27. The summed E-state index contributed by atoms with van der Waals surface area (Å²) >= 11 is 0. The third-order valence-corrected chi connectivity index (χ3v) is 4.36. The average Bonchev–Trinajstić information content (AvgIpc) is 3.02. The highest BCUT2D eigenvalue weighted by atomic mass is 16.6. The lowest BCUT2D eigenvalue weighted by molar-refractivity contribution is -0.384. The number of nitro benzene ring substituents is 1. The van der Waals surface area contributed by atoms with Gasteiger partial charge in [-0.25, -0.2) is 9.78 Å². The van der Waals surface area contributed by atoms with Crippen LogP contribution in [0.4, 0.5) is 11.4 Å². The summed E-state index contributed by atoms with van der Waals surface area (Å²) in [5, 5.41) is 13.6. The van der Waals surface area contributed by atoms with Gasteiger partial charge in [-0.05, 0) is 26.3 Å². The molecule has 1 aromatic carbocycles. The van der Waals surface area contributed by atoms with Crippen LogP contribution in [0.15, 0.2) is 33.7 Å². The van der Waals surface area contributed by atoms with Crippen LogP contribution in [0.2, 0.25) is 0 Å². The van der Waals surface area contributed by atoms with E-state index in [2.05, 4.69) is 10.3 Å². The Morgan fingerprint density at radius 1 is 1.33 bits per heavy atom. The van der Waals surface area contributed by atoms with Crippen molar-refractivity contribution in [2.45, 2.75) is 27.3 Å². The molecular formula is C19H18N4O7. The number of ether oxygens (including phenoxy) is 1. The molecule has 0 atom stereocenters. The molecule has 0 radical (unpaired) electrons. The number of carbonyl (C=O) groups excluding carboxylic acids is 2. The van der Waals surface area contributed by atoms with Gasteiger partial charge >= 0.3 is 5.97 Å². The van der Waals surface area contributed by atoms with Crippen LogP contribution in [0.5, 0.6) is 0 Å². The maximum Gasteiger partial charge on any atom is 0.342 e. The summed E-state index contributed by atoms with van der Waals surface area (Å²) in [5.41, 5.74) is -0.497. The van der Waals surface area contributed by atoms with E-state index in [9.17, 15) is 24.5 Å². The van der Waals surface area contributed by atoms with Crippen LogP contribution in [0.1, 0.15) is 28.6 Å². The molecule has 0 saturated carbocycles. The normalized spacial score (nSPS) is 10.8. The Morgan fingerprint density at radius 3 is 2.73 bits per heavy atom. The van der Waals surface area contributed by atoms with Crippen LogP contribution < -0.4 is 10.9 Å². The minimum Gasteiger partial charge on any atom is -0.462 e. The summed E-state index contributed by atoms with van der Waals surface area (Å²) in [6.07, 6.45) is 1.11. The van der Waals surface area contributed by atoms with Gasteiger partial charge in [-0.2, -0.15) is 0 Å². The Morgan fingerprint density at radius 2 is 2.07 bits per heavy atom. The van der Waals surface area contributed by atoms with E-state index in [4.69, 9.17) is 9.15 Å². The number of benzene rings is 1. The van der Waals surface area contributed by atoms with Crippen LogP contribution >= 0.6 is 0 Å². The summed E-state index contributed by atoms with van der Waals surface area (Å²) in [5.74, 6) is -1.23. The lowest BCUT2D eigenvalue weighted by atomic mass is 10.1. The Kier molecular flexibility index (Phi) is 5.63. The third kappa shape index (κ3) is 3.77. The molecule has 30 heavy (non-hydrogen) atoms. The molecule has 0 unspecified atom stereocenters. The fraction of sp³-hybridized carbons (Fsp3) is 0.263. The van der Waals surface area contributed by atoms with Gasteiger partial charge in [0, 0.05) is 6.07 Å². The first kappa shape index (κ1) is 20.7. The summed E-state index contributed by atoms with van der Waals surface area (Å²) in [6, 6.07) is 4.38. The summed E-state index contributed by atoms with van der Waals surface area (Å²) in [7, 11) is 0. The van der Waals surface area contributed by atoms with Crippen molar-refractivity contribution >= 4 is 34.4 Å². The van der Waals surface area contributed by atoms with Crippen LogP contribution in [0, 0.1) is 24.0 Å². The number of rotatable bonds is 6. The molecule has 2 heterocycles. The number of nitro groups is 1. The van der Waals surface area contributed by atoms with E-state index in [1.165, 1.54) is 19.1 Å². The van der Waals surface area contributed by atoms with Crippen molar-refractivity contribution in [1.82, 2.24) is 9.55 Å². The van der Waals surface area contributed by atoms with E-state index < -0.39 is 28.9 Å². The number of aromatic nitrogens is 2. The number of furan rings is 1. The van der Waals surface area contributed by atoms with Crippen LogP contribution in [-0.2, 0) is 16.1 Å². The van der Waals surface area contributed by atoms with Crippen molar-refractivity contribution in [3.8, 4) is 0 Å². The third-order valence-electron chi connectivity index (χ3n) is 4.36. The molecule has 0 fully saturated rings. The number of amides is 1. The molecule has 3 aromatic rings. The Balaban J connectivity index is 1.96. The zero-order valence-corrected chi connectivity index (χ0v) is 16.4. The maximum absolute atomic E-state index is 12.9. The number of esters is 1. The number of aryl methyl sites for hydroxylation is 2. The number of fused-ring (bicyclic) bond motifs is 1. The van der Waals surface area contributed by atoms with Crippen LogP contribution in [0.25, 0.3) is 11.1 Å². The van der Waals surface area contributed by atoms with Gasteiger partial charge in [0.25, 0.3) is 11.2 Å². The summed E-state index contributed by atoms with van der Waals surface area (Å²) < 4.78 is 11.3. The predicted octanol–water partition coefficient (Wildman–Crippen LogP) is 2.33. The molecule has 3 rings (SSSR count). The lowest BCUT2D eigenvalue weighted by Crippen LogP contribution is -2.28. The lowest BCUT2D eigenvalue weighted by Gasteiger charge is -2.10. The van der Waals surface area contributed by atoms with Crippen molar-refractivity contribution in [3.05, 3.63) is 61.9 Å². The molecule has 0 aliphatic heterocycles. The molecule has 1 amide bonds. The number of hydrogen-bond acceptors (Lipinski definition) is 8. The zero-order chi connectivity index (χ0) is 22.0. The van der Waals surface area contributed by atoms with E-state index >= 15 is 0 Å². The first-order chi connectivity index (χ1) is 14.2. The van der Waals surface area contributed by atoms with Crippen molar-refractivity contribution in [3.63, 3.8) is 0 Å². The van der Waals surface area contributed by atoms with Gasteiger partial charge in [0.05, 0.1) is 11.5 Å². The summed E-state index contributed by atoms with van der Waals surface area (Å²) in [6.45, 7) is 4.38. The molecule has 11 heteroatoms. The monoisotopic (exact) mass is 414 g/mol. The van der Waals surface area contributed by atoms with Crippen molar-refractivity contribution in [2.24, 2.45) is 0 Å². The second kappa shape index (κ2) is 8.15. The van der Waals surface area contributed by atoms with Gasteiger partial charge in [-0.15, -0.1) is 0 Å². The Hall–Kier alpha value is -4.02. The van der Waals surface area contributed by atoms with E-state index in [1.807, 2.05) is 0 Å². The number of hydrogen-bond donors (Lipinski definition) is 1. The van der Waals surface area contributed by atoms with Gasteiger partial charge in [-0.1, -0.05) is 12.1 Å². The highest BCUT2D eigenvalue weighted by Gasteiger charge is 2.24. The zero-order valence-electron chi connectivity index (χ0n) is 16.4. The topological polar surface area (TPSA) is 147 Å². The number of carbonyl (C=O) groups is 2. The van der Waals surface area contributed by atoms with Crippen LogP contribution in [0.3, 0.4) is 0 Å². The van der Waals surface area contributed by atoms with Gasteiger partial charge in [0.2, 0.25) is 11.6 Å². The molecule has 1 N–H and O–H groups in total. The second-order valence-corrected chi connectivity index (χ2v) is 6.39. The number of para-hydroxylation sites is 1. The minimum absolute atomic E-state index is 0.0426. The average molecular weight is 414 g/mol. The van der Waals surface area contributed by atoms with Gasteiger partial charge < -0.3 is 14.5 Å². The fourth-order valence-electron chi connectivity index (χ4n) is 3.00. The van der Waals surface area contributed by atoms with Crippen molar-refractivity contribution < 1.29 is 23.7 Å². The van der Waals surface area contributed by atoms with E-state index in [-0.39, 0.29) is 40.4 Å². The largest absolute Gasteiger partial charge is 0.462 e. The number of anilines is 1. The number of nitrogens with one attached hydrogen (secondary N) is 1. The van der Waals surface area contributed by atoms with E-state index in [0.717, 1.165) is 10.9 Å². The van der Waals surface area contributed by atoms with Gasteiger partial charge in [0.15, 0.2) is 0 Å². The number of nitrogens with zero attached hydrogens (tertiary/aromatic N) is 3. The molecule has 0 aliphatic carbocycles. The first-order valence-electron chi connectivity index (χ1n) is 8.94. The smallest absolute Gasteiger partial charge is 0.342 e. The van der Waals surface area contributed by atoms with E-state index in [0.29, 0.717) is 5.56 Å². The van der Waals surface area contributed by atoms with Gasteiger partial charge in [0.1, 0.15) is 35.3 Å². The van der Waals surface area contributed by atoms with Gasteiger partial charge in [-0.3, -0.25) is 24.3 Å². The van der Waals surface area contributed by atoms with E-state index in [1.54, 1.807) is 19.9 Å². The molecule has 156 valence electrons. The summed E-state index contributed by atoms with van der Waals surface area (Å²) in [4.78, 5) is 52.1. The second-order valence-electron chi connectivity index (χ2n) is 6.39. The predicted molar refractivity (Wildman–Crippen MR) is 105 cm³/mol. The molecule has 0 bridgehead atoms. The highest BCUT2D eigenvalue weighted by molar-refractivity contribution is 6.03. The standard InChI is InChI=1S/C19H18N4O7/c1-4-29-19(26)14-11(3)30-17-15(14)18(25)22(9-20-17)8-13(24)21-16-10(2)6-5-7-12(16)23(27)28/h5-7,9H,4,8H2,1-3H3,(H,21,24). The van der Waals surface area contributed by atoms with Crippen LogP contribution in [-0.4, -0.2) is 33.0 Å². The fourth-order valence-corrected chi connectivity index (χ4v) is 3.00. The Labute approximate surface area is 169 Å². The van der Waals surface area contributed by atoms with Crippen molar-refractivity contribution in [2.75, 3.05) is 11.9 Å². The quantitative estimate of drug-likeness (QED) is 0.367. The SMILES string of the molecule is CCOC(=O)c1c(C)oc2ncn(CC(=O)Nc3c(C)cccc3[N+](=O)[O-])c(=O)c12. The van der Waals surface area contributed by atoms with Crippen molar-refractivity contribution in [1.29, 1.82) is 0 Å². The molecule has 2 aromatic heterocycles. The Bertz CT molecular complexity index is 1230. The molecule has 0 aliphatic rings. The molecule has 11 nitrogen and oxygen atoms in total. The first-order valence-corrected chi connectivity index (χ1v) is 8.94. The molecular weight excluding hydrogens is 396 g/mol. The maximum atomic E-state index is 12.9.